The van der Waals surface area contributed by atoms with E-state index in [9.17, 15) is 23.1 Å². The number of amides is 1. The molecule has 1 N–H and O–H groups in total. The van der Waals surface area contributed by atoms with Gasteiger partial charge in [-0.05, 0) is 32.9 Å². The van der Waals surface area contributed by atoms with Crippen molar-refractivity contribution in [1.82, 2.24) is 9.80 Å². The Labute approximate surface area is 160 Å². The second kappa shape index (κ2) is 8.39. The van der Waals surface area contributed by atoms with Gasteiger partial charge in [0.25, 0.3) is 0 Å². The highest BCUT2D eigenvalue weighted by atomic mass is 32.2. The maximum atomic E-state index is 13.0. The van der Waals surface area contributed by atoms with Crippen LogP contribution in [0.1, 0.15) is 19.4 Å². The second-order valence-corrected chi connectivity index (χ2v) is 10.2. The number of carbonyl (C=O) groups is 2. The van der Waals surface area contributed by atoms with Gasteiger partial charge in [-0.1, -0.05) is 30.3 Å². The molecule has 1 heterocycles. The Kier molecular flexibility index (Phi) is 6.64. The highest BCUT2D eigenvalue weighted by Crippen LogP contribution is 2.25. The molecule has 2 rings (SSSR count). The summed E-state index contributed by atoms with van der Waals surface area (Å²) in [5.74, 6) is -3.30. The molecule has 0 radical (unpaired) electrons. The zero-order chi connectivity index (χ0) is 20.2. The van der Waals surface area contributed by atoms with E-state index in [1.54, 1.807) is 29.2 Å². The Balaban J connectivity index is 2.16. The van der Waals surface area contributed by atoms with E-state index in [1.165, 1.54) is 13.8 Å². The number of carboxylic acid groups (broad SMARTS) is 1. The highest BCUT2D eigenvalue weighted by molar-refractivity contribution is 7.93. The maximum absolute atomic E-state index is 13.0. The number of piperazine rings is 1. The fourth-order valence-electron chi connectivity index (χ4n) is 3.11. The first-order valence-electron chi connectivity index (χ1n) is 9.01. The van der Waals surface area contributed by atoms with Gasteiger partial charge in [0.15, 0.2) is 9.84 Å². The molecule has 1 aromatic carbocycles. The van der Waals surface area contributed by atoms with Gasteiger partial charge in [0, 0.05) is 26.2 Å². The fourth-order valence-corrected chi connectivity index (χ4v) is 4.71. The molecule has 1 aromatic rings. The molecule has 27 heavy (non-hydrogen) atoms. The Morgan fingerprint density at radius 1 is 1.11 bits per heavy atom. The summed E-state index contributed by atoms with van der Waals surface area (Å²) < 4.78 is 24.3. The van der Waals surface area contributed by atoms with Crippen LogP contribution in [0, 0.1) is 5.92 Å². The standard InChI is InChI=1S/C19H28N2O5S/c1-19(2,18(24)21-11-9-20(3)10-12-21)27(25,26)14-16(17(22)23)13-15-7-5-4-6-8-15/h4-8,16H,9-14H2,1-3H3,(H,22,23). The van der Waals surface area contributed by atoms with Gasteiger partial charge < -0.3 is 14.9 Å². The maximum Gasteiger partial charge on any atom is 0.307 e. The van der Waals surface area contributed by atoms with Crippen LogP contribution in [0.2, 0.25) is 0 Å². The average molecular weight is 397 g/mol. The molecule has 1 unspecified atom stereocenters. The number of rotatable bonds is 7. The molecule has 1 aliphatic rings. The molecular formula is C19H28N2O5S. The molecule has 0 bridgehead atoms. The SMILES string of the molecule is CN1CCN(C(=O)C(C)(C)S(=O)(=O)CC(Cc2ccccc2)C(=O)O)CC1. The molecule has 1 aliphatic heterocycles. The third kappa shape index (κ3) is 5.07. The smallest absolute Gasteiger partial charge is 0.307 e. The molecule has 1 amide bonds. The summed E-state index contributed by atoms with van der Waals surface area (Å²) >= 11 is 0. The number of hydrogen-bond donors (Lipinski definition) is 1. The van der Waals surface area contributed by atoms with E-state index >= 15 is 0 Å². The van der Waals surface area contributed by atoms with Crippen molar-refractivity contribution in [3.05, 3.63) is 35.9 Å². The average Bonchev–Trinajstić information content (AvgIpc) is 2.61. The van der Waals surface area contributed by atoms with Gasteiger partial charge >= 0.3 is 5.97 Å². The number of benzene rings is 1. The van der Waals surface area contributed by atoms with Crippen LogP contribution >= 0.6 is 0 Å². The number of nitrogens with zero attached hydrogens (tertiary/aromatic N) is 2. The zero-order valence-electron chi connectivity index (χ0n) is 16.1. The van der Waals surface area contributed by atoms with E-state index in [2.05, 4.69) is 4.90 Å². The first kappa shape index (κ1) is 21.4. The Morgan fingerprint density at radius 2 is 1.67 bits per heavy atom. The molecule has 1 fully saturated rings. The van der Waals surface area contributed by atoms with Gasteiger partial charge in [-0.3, -0.25) is 9.59 Å². The van der Waals surface area contributed by atoms with Crippen LogP contribution in [0.25, 0.3) is 0 Å². The summed E-state index contributed by atoms with van der Waals surface area (Å²) in [4.78, 5) is 28.1. The summed E-state index contributed by atoms with van der Waals surface area (Å²) in [6.07, 6.45) is 0.105. The molecule has 1 atom stereocenters. The molecule has 8 heteroatoms. The van der Waals surface area contributed by atoms with Crippen molar-refractivity contribution in [2.75, 3.05) is 39.0 Å². The van der Waals surface area contributed by atoms with E-state index in [1.807, 2.05) is 13.1 Å². The van der Waals surface area contributed by atoms with Crippen LogP contribution in [-0.4, -0.2) is 78.9 Å². The van der Waals surface area contributed by atoms with E-state index in [0.717, 1.165) is 5.56 Å². The topological polar surface area (TPSA) is 95.0 Å². The summed E-state index contributed by atoms with van der Waals surface area (Å²) in [6, 6.07) is 8.91. The summed E-state index contributed by atoms with van der Waals surface area (Å²) in [5.41, 5.74) is 0.753. The molecule has 0 saturated carbocycles. The van der Waals surface area contributed by atoms with Crippen molar-refractivity contribution in [2.45, 2.75) is 25.0 Å². The normalized spacial score (nSPS) is 17.5. The number of aliphatic carboxylic acids is 1. The van der Waals surface area contributed by atoms with Gasteiger partial charge in [-0.25, -0.2) is 8.42 Å². The van der Waals surface area contributed by atoms with Crippen LogP contribution < -0.4 is 0 Å². The first-order valence-corrected chi connectivity index (χ1v) is 10.7. The van der Waals surface area contributed by atoms with E-state index in [4.69, 9.17) is 0 Å². The number of carboxylic acids is 1. The van der Waals surface area contributed by atoms with E-state index < -0.39 is 38.1 Å². The molecule has 1 saturated heterocycles. The van der Waals surface area contributed by atoms with Crippen LogP contribution in [-0.2, 0) is 25.8 Å². The Hall–Kier alpha value is -1.93. The molecular weight excluding hydrogens is 368 g/mol. The van der Waals surface area contributed by atoms with Gasteiger partial charge in [-0.15, -0.1) is 0 Å². The molecule has 0 spiro atoms. The fraction of sp³-hybridized carbons (Fsp3) is 0.579. The summed E-state index contributed by atoms with van der Waals surface area (Å²) in [6.45, 7) is 5.08. The quantitative estimate of drug-likeness (QED) is 0.736. The largest absolute Gasteiger partial charge is 0.481 e. The number of likely N-dealkylation sites (N-methyl/N-ethyl adjacent to an activating group) is 1. The zero-order valence-corrected chi connectivity index (χ0v) is 16.9. The van der Waals surface area contributed by atoms with Crippen LogP contribution in [0.4, 0.5) is 0 Å². The molecule has 0 aliphatic carbocycles. The molecule has 7 nitrogen and oxygen atoms in total. The third-order valence-corrected chi connectivity index (χ3v) is 7.75. The number of sulfone groups is 1. The van der Waals surface area contributed by atoms with Crippen molar-refractivity contribution in [2.24, 2.45) is 5.92 Å². The predicted octanol–water partition coefficient (Wildman–Crippen LogP) is 0.897. The first-order chi connectivity index (χ1) is 12.5. The number of carbonyl (C=O) groups excluding carboxylic acids is 1. The lowest BCUT2D eigenvalue weighted by molar-refractivity contribution is -0.141. The highest BCUT2D eigenvalue weighted by Gasteiger charge is 2.46. The second-order valence-electron chi connectivity index (χ2n) is 7.61. The lowest BCUT2D eigenvalue weighted by Gasteiger charge is -2.37. The molecule has 150 valence electrons. The van der Waals surface area contributed by atoms with Crippen LogP contribution in [0.3, 0.4) is 0 Å². The van der Waals surface area contributed by atoms with Gasteiger partial charge in [-0.2, -0.15) is 0 Å². The van der Waals surface area contributed by atoms with Crippen molar-refractivity contribution in [1.29, 1.82) is 0 Å². The van der Waals surface area contributed by atoms with Crippen molar-refractivity contribution < 1.29 is 23.1 Å². The minimum Gasteiger partial charge on any atom is -0.481 e. The Bertz CT molecular complexity index is 769. The lowest BCUT2D eigenvalue weighted by atomic mass is 10.0. The van der Waals surface area contributed by atoms with Gasteiger partial charge in [0.1, 0.15) is 4.75 Å². The third-order valence-electron chi connectivity index (χ3n) is 5.18. The van der Waals surface area contributed by atoms with Gasteiger partial charge in [0.05, 0.1) is 11.7 Å². The van der Waals surface area contributed by atoms with Crippen LogP contribution in [0.5, 0.6) is 0 Å². The van der Waals surface area contributed by atoms with Crippen molar-refractivity contribution >= 4 is 21.7 Å². The summed E-state index contributed by atoms with van der Waals surface area (Å²) in [7, 11) is -2.02. The minimum atomic E-state index is -3.97. The van der Waals surface area contributed by atoms with Gasteiger partial charge in [0.2, 0.25) is 5.91 Å². The van der Waals surface area contributed by atoms with Crippen molar-refractivity contribution in [3.63, 3.8) is 0 Å². The lowest BCUT2D eigenvalue weighted by Crippen LogP contribution is -2.56. The Morgan fingerprint density at radius 3 is 2.19 bits per heavy atom. The molecule has 0 aromatic heterocycles. The van der Waals surface area contributed by atoms with E-state index in [0.29, 0.717) is 26.2 Å². The summed E-state index contributed by atoms with van der Waals surface area (Å²) in [5, 5.41) is 9.51. The van der Waals surface area contributed by atoms with Crippen LogP contribution in [0.15, 0.2) is 30.3 Å². The van der Waals surface area contributed by atoms with Crippen molar-refractivity contribution in [3.8, 4) is 0 Å². The number of hydrogen-bond acceptors (Lipinski definition) is 5. The monoisotopic (exact) mass is 396 g/mol. The van der Waals surface area contributed by atoms with E-state index in [-0.39, 0.29) is 6.42 Å². The minimum absolute atomic E-state index is 0.105. The predicted molar refractivity (Wildman–Crippen MR) is 103 cm³/mol.